The average Bonchev–Trinajstić information content (AvgIpc) is 3.53. The summed E-state index contributed by atoms with van der Waals surface area (Å²) in [4.78, 5) is 38.4. The molecule has 5 rings (SSSR count). The number of carboxylic acid groups (broad SMARTS) is 1. The number of nitrogens with one attached hydrogen (secondary N) is 2. The minimum atomic E-state index is -0.808. The van der Waals surface area contributed by atoms with E-state index < -0.39 is 11.4 Å². The van der Waals surface area contributed by atoms with Gasteiger partial charge in [-0.1, -0.05) is 12.8 Å². The van der Waals surface area contributed by atoms with Crippen LogP contribution in [0.4, 0.5) is 0 Å². The predicted octanol–water partition coefficient (Wildman–Crippen LogP) is 4.04. The van der Waals surface area contributed by atoms with Gasteiger partial charge in [0.2, 0.25) is 5.91 Å². The fourth-order valence-electron chi connectivity index (χ4n) is 6.86. The number of carbonyl (C=O) groups is 3. The Morgan fingerprint density at radius 2 is 1.79 bits per heavy atom. The number of carbonyl (C=O) groups excluding carboxylic acids is 2. The van der Waals surface area contributed by atoms with Crippen LogP contribution in [0, 0.1) is 40.4 Å². The molecule has 4 atom stereocenters. The van der Waals surface area contributed by atoms with Gasteiger partial charge in [0.15, 0.2) is 0 Å². The monoisotopic (exact) mass is 537 g/mol. The first-order valence-corrected chi connectivity index (χ1v) is 14.3. The third kappa shape index (κ3) is 5.70. The van der Waals surface area contributed by atoms with E-state index in [1.807, 2.05) is 0 Å². The van der Waals surface area contributed by atoms with Crippen molar-refractivity contribution in [3.8, 4) is 17.6 Å². The molecule has 4 aliphatic carbocycles. The van der Waals surface area contributed by atoms with Crippen LogP contribution in [0.15, 0.2) is 12.1 Å². The minimum Gasteiger partial charge on any atom is -0.496 e. The molecule has 0 heterocycles. The van der Waals surface area contributed by atoms with Crippen LogP contribution in [0.25, 0.3) is 0 Å². The van der Waals surface area contributed by atoms with Gasteiger partial charge in [-0.25, -0.2) is 0 Å². The summed E-state index contributed by atoms with van der Waals surface area (Å²) >= 11 is 0. The van der Waals surface area contributed by atoms with Gasteiger partial charge in [0.25, 0.3) is 5.91 Å². The lowest BCUT2D eigenvalue weighted by Gasteiger charge is -2.34. The summed E-state index contributed by atoms with van der Waals surface area (Å²) in [5, 5.41) is 25.5. The fraction of sp³-hybridized carbons (Fsp3) is 0.667. The number of amides is 2. The highest BCUT2D eigenvalue weighted by molar-refractivity contribution is 5.98. The second-order valence-electron chi connectivity index (χ2n) is 12.2. The molecule has 0 radical (unpaired) electrons. The standard InChI is InChI=1S/C30H39N3O6/c1-30(29(36)37)10-7-21(8-11-30)39-23-15-22(24(38-2)14-20(23)16-31)27(34)33-26-19-6-5-18(13-19)25(26)28(35)32-12-9-17-3-4-17/h14-15,17-19,21,25-26H,3-13H2,1-2H3,(H,32,35)(H,33,34)(H,36,37). The summed E-state index contributed by atoms with van der Waals surface area (Å²) < 4.78 is 11.7. The topological polar surface area (TPSA) is 138 Å². The van der Waals surface area contributed by atoms with Crippen LogP contribution in [-0.4, -0.2) is 48.7 Å². The maximum Gasteiger partial charge on any atom is 0.309 e. The van der Waals surface area contributed by atoms with Crippen LogP contribution in [0.2, 0.25) is 0 Å². The number of hydrogen-bond acceptors (Lipinski definition) is 6. The van der Waals surface area contributed by atoms with E-state index in [4.69, 9.17) is 9.47 Å². The predicted molar refractivity (Wildman–Crippen MR) is 142 cm³/mol. The first-order valence-electron chi connectivity index (χ1n) is 14.3. The zero-order valence-corrected chi connectivity index (χ0v) is 22.8. The summed E-state index contributed by atoms with van der Waals surface area (Å²) in [5.74, 6) is 0.495. The molecule has 2 amide bonds. The maximum absolute atomic E-state index is 13.6. The third-order valence-corrected chi connectivity index (χ3v) is 9.58. The highest BCUT2D eigenvalue weighted by Gasteiger charge is 2.51. The molecule has 9 heteroatoms. The molecule has 4 saturated carbocycles. The Morgan fingerprint density at radius 1 is 1.08 bits per heavy atom. The van der Waals surface area contributed by atoms with Crippen LogP contribution in [0.1, 0.15) is 87.1 Å². The van der Waals surface area contributed by atoms with Gasteiger partial charge < -0.3 is 25.2 Å². The molecule has 1 aromatic rings. The number of ether oxygens (including phenoxy) is 2. The molecule has 0 aromatic heterocycles. The van der Waals surface area contributed by atoms with Crippen molar-refractivity contribution in [1.82, 2.24) is 10.6 Å². The molecule has 0 spiro atoms. The molecule has 0 saturated heterocycles. The Balaban J connectivity index is 1.30. The van der Waals surface area contributed by atoms with Gasteiger partial charge >= 0.3 is 5.97 Å². The summed E-state index contributed by atoms with van der Waals surface area (Å²) in [7, 11) is 1.45. The van der Waals surface area contributed by atoms with Gasteiger partial charge in [-0.3, -0.25) is 14.4 Å². The van der Waals surface area contributed by atoms with E-state index in [0.717, 1.165) is 31.6 Å². The first kappa shape index (κ1) is 27.3. The minimum absolute atomic E-state index is 0.0367. The second-order valence-corrected chi connectivity index (χ2v) is 12.2. The smallest absolute Gasteiger partial charge is 0.309 e. The lowest BCUT2D eigenvalue weighted by atomic mass is 9.75. The molecule has 3 N–H and O–H groups in total. The summed E-state index contributed by atoms with van der Waals surface area (Å²) in [5.41, 5.74) is -0.263. The van der Waals surface area contributed by atoms with Crippen molar-refractivity contribution in [1.29, 1.82) is 5.26 Å². The zero-order chi connectivity index (χ0) is 27.7. The number of aliphatic carboxylic acids is 1. The average molecular weight is 538 g/mol. The number of rotatable bonds is 10. The van der Waals surface area contributed by atoms with Crippen molar-refractivity contribution in [2.75, 3.05) is 13.7 Å². The summed E-state index contributed by atoms with van der Waals surface area (Å²) in [6, 6.07) is 4.95. The molecular formula is C30H39N3O6. The van der Waals surface area contributed by atoms with E-state index in [9.17, 15) is 24.8 Å². The Labute approximate surface area is 229 Å². The lowest BCUT2D eigenvalue weighted by Crippen LogP contribution is -2.50. The third-order valence-electron chi connectivity index (χ3n) is 9.58. The Bertz CT molecular complexity index is 1160. The number of fused-ring (bicyclic) bond motifs is 2. The molecule has 39 heavy (non-hydrogen) atoms. The fourth-order valence-corrected chi connectivity index (χ4v) is 6.86. The van der Waals surface area contributed by atoms with Crippen LogP contribution in [0.5, 0.6) is 11.5 Å². The van der Waals surface area contributed by atoms with Crippen molar-refractivity contribution in [2.45, 2.75) is 83.3 Å². The van der Waals surface area contributed by atoms with E-state index >= 15 is 0 Å². The van der Waals surface area contributed by atoms with Crippen LogP contribution in [-0.2, 0) is 9.59 Å². The SMILES string of the molecule is COc1cc(C#N)c(OC2CCC(C)(C(=O)O)CC2)cc1C(=O)NC1C2CCC(C2)C1C(=O)NCCC1CC1. The number of methoxy groups -OCH3 is 1. The van der Waals surface area contributed by atoms with E-state index in [1.165, 1.54) is 26.0 Å². The lowest BCUT2D eigenvalue weighted by molar-refractivity contribution is -0.150. The van der Waals surface area contributed by atoms with Gasteiger partial charge in [-0.2, -0.15) is 5.26 Å². The van der Waals surface area contributed by atoms with Crippen LogP contribution < -0.4 is 20.1 Å². The van der Waals surface area contributed by atoms with Crippen molar-refractivity contribution in [3.05, 3.63) is 23.3 Å². The van der Waals surface area contributed by atoms with Crippen molar-refractivity contribution >= 4 is 17.8 Å². The first-order chi connectivity index (χ1) is 18.7. The normalized spacial score (nSPS) is 31.3. The number of nitrogens with zero attached hydrogens (tertiary/aromatic N) is 1. The summed E-state index contributed by atoms with van der Waals surface area (Å²) in [6.45, 7) is 2.44. The Kier molecular flexibility index (Phi) is 7.75. The van der Waals surface area contributed by atoms with Gasteiger partial charge in [-0.15, -0.1) is 0 Å². The van der Waals surface area contributed by atoms with Crippen LogP contribution >= 0.6 is 0 Å². The van der Waals surface area contributed by atoms with Crippen molar-refractivity contribution < 1.29 is 29.0 Å². The molecule has 1 aromatic carbocycles. The molecule has 210 valence electrons. The molecule has 4 unspecified atom stereocenters. The highest BCUT2D eigenvalue weighted by atomic mass is 16.5. The summed E-state index contributed by atoms with van der Waals surface area (Å²) in [6.07, 6.45) is 8.28. The molecule has 4 aliphatic rings. The number of carboxylic acids is 1. The highest BCUT2D eigenvalue weighted by Crippen LogP contribution is 2.49. The molecular weight excluding hydrogens is 498 g/mol. The molecule has 0 aliphatic heterocycles. The molecule has 2 bridgehead atoms. The van der Waals surface area contributed by atoms with Gasteiger partial charge in [0.1, 0.15) is 17.6 Å². The van der Waals surface area contributed by atoms with Gasteiger partial charge in [0, 0.05) is 18.7 Å². The largest absolute Gasteiger partial charge is 0.496 e. The van der Waals surface area contributed by atoms with E-state index in [2.05, 4.69) is 16.7 Å². The van der Waals surface area contributed by atoms with Gasteiger partial charge in [0.05, 0.1) is 35.7 Å². The second kappa shape index (κ2) is 11.1. The Hall–Kier alpha value is -3.28. The van der Waals surface area contributed by atoms with Crippen LogP contribution in [0.3, 0.4) is 0 Å². The van der Waals surface area contributed by atoms with Crippen molar-refractivity contribution in [3.63, 3.8) is 0 Å². The maximum atomic E-state index is 13.6. The molecule has 4 fully saturated rings. The zero-order valence-electron chi connectivity index (χ0n) is 22.8. The number of nitriles is 1. The number of hydrogen-bond donors (Lipinski definition) is 3. The van der Waals surface area contributed by atoms with Gasteiger partial charge in [-0.05, 0) is 82.1 Å². The van der Waals surface area contributed by atoms with E-state index in [0.29, 0.717) is 32.2 Å². The quantitative estimate of drug-likeness (QED) is 0.409. The number of benzene rings is 1. The molecule has 9 nitrogen and oxygen atoms in total. The Morgan fingerprint density at radius 3 is 2.44 bits per heavy atom. The van der Waals surface area contributed by atoms with E-state index in [-0.39, 0.29) is 64.3 Å². The van der Waals surface area contributed by atoms with Crippen molar-refractivity contribution in [2.24, 2.45) is 29.1 Å². The van der Waals surface area contributed by atoms with E-state index in [1.54, 1.807) is 13.0 Å².